The number of phenols is 1. The lowest BCUT2D eigenvalue weighted by atomic mass is 10.1. The molecule has 0 spiro atoms. The third-order valence-electron chi connectivity index (χ3n) is 1.48. The van der Waals surface area contributed by atoms with Gasteiger partial charge in [0.15, 0.2) is 0 Å². The van der Waals surface area contributed by atoms with Gasteiger partial charge in [0.05, 0.1) is 5.56 Å². The van der Waals surface area contributed by atoms with Crippen LogP contribution >= 0.6 is 24.8 Å². The van der Waals surface area contributed by atoms with Crippen LogP contribution in [0.15, 0.2) is 18.2 Å². The molecule has 0 fully saturated rings. The van der Waals surface area contributed by atoms with Gasteiger partial charge in [-0.2, -0.15) is 0 Å². The molecule has 0 saturated carbocycles. The molecule has 1 aromatic carbocycles. The van der Waals surface area contributed by atoms with E-state index in [1.165, 1.54) is 0 Å². The molecule has 1 rings (SSSR count). The van der Waals surface area contributed by atoms with E-state index < -0.39 is 17.7 Å². The van der Waals surface area contributed by atoms with E-state index in [4.69, 9.17) is 15.3 Å². The summed E-state index contributed by atoms with van der Waals surface area (Å²) in [5.41, 5.74) is -0.465. The Labute approximate surface area is 97.2 Å². The van der Waals surface area contributed by atoms with Crippen molar-refractivity contribution in [3.63, 3.8) is 0 Å². The van der Waals surface area contributed by atoms with Crippen molar-refractivity contribution in [2.75, 3.05) is 0 Å². The summed E-state index contributed by atoms with van der Waals surface area (Å²) in [6.45, 7) is 0. The minimum atomic E-state index is -1.30. The Bertz CT molecular complexity index is 377. The average molecular weight is 255 g/mol. The van der Waals surface area contributed by atoms with Gasteiger partial charge < -0.3 is 15.3 Å². The number of carbonyl (C=O) groups is 2. The molecule has 0 heterocycles. The molecule has 7 heteroatoms. The van der Waals surface area contributed by atoms with Crippen molar-refractivity contribution >= 4 is 36.8 Å². The summed E-state index contributed by atoms with van der Waals surface area (Å²) in [6, 6.07) is 3.05. The van der Waals surface area contributed by atoms with Crippen LogP contribution in [-0.4, -0.2) is 27.3 Å². The lowest BCUT2D eigenvalue weighted by Crippen LogP contribution is -2.00. The van der Waals surface area contributed by atoms with Crippen molar-refractivity contribution in [3.8, 4) is 5.75 Å². The summed E-state index contributed by atoms with van der Waals surface area (Å²) in [5, 5.41) is 26.0. The van der Waals surface area contributed by atoms with E-state index in [0.717, 1.165) is 18.2 Å². The topological polar surface area (TPSA) is 94.8 Å². The molecule has 0 aromatic heterocycles. The number of carboxylic acid groups (broad SMARTS) is 2. The highest BCUT2D eigenvalue weighted by atomic mass is 35.5. The van der Waals surface area contributed by atoms with Crippen molar-refractivity contribution in [3.05, 3.63) is 29.3 Å². The molecule has 84 valence electrons. The summed E-state index contributed by atoms with van der Waals surface area (Å²) < 4.78 is 0. The van der Waals surface area contributed by atoms with Gasteiger partial charge in [-0.1, -0.05) is 0 Å². The van der Waals surface area contributed by atoms with E-state index in [1.54, 1.807) is 0 Å². The average Bonchev–Trinajstić information content (AvgIpc) is 2.03. The monoisotopic (exact) mass is 254 g/mol. The Morgan fingerprint density at radius 3 is 1.87 bits per heavy atom. The first-order valence-electron chi connectivity index (χ1n) is 3.32. The number of benzene rings is 1. The van der Waals surface area contributed by atoms with Crippen LogP contribution in [0.4, 0.5) is 0 Å². The number of aromatic hydroxyl groups is 1. The molecule has 0 bridgehead atoms. The zero-order valence-electron chi connectivity index (χ0n) is 7.21. The number of hydrogen-bond donors (Lipinski definition) is 3. The number of carboxylic acids is 2. The van der Waals surface area contributed by atoms with E-state index in [-0.39, 0.29) is 35.9 Å². The molecule has 0 unspecified atom stereocenters. The predicted octanol–water partition coefficient (Wildman–Crippen LogP) is 1.63. The SMILES string of the molecule is Cl.Cl.O=C(O)c1ccc(C(=O)O)c(O)c1. The molecule has 0 atom stereocenters. The molecule has 1 aromatic rings. The highest BCUT2D eigenvalue weighted by molar-refractivity contribution is 5.94. The van der Waals surface area contributed by atoms with Gasteiger partial charge in [0.25, 0.3) is 0 Å². The maximum Gasteiger partial charge on any atom is 0.339 e. The van der Waals surface area contributed by atoms with Gasteiger partial charge in [0.1, 0.15) is 11.3 Å². The van der Waals surface area contributed by atoms with Crippen LogP contribution in [0.2, 0.25) is 0 Å². The lowest BCUT2D eigenvalue weighted by molar-refractivity contribution is 0.0678. The van der Waals surface area contributed by atoms with Gasteiger partial charge in [-0.3, -0.25) is 0 Å². The summed E-state index contributed by atoms with van der Waals surface area (Å²) in [5.74, 6) is -3.06. The first-order valence-corrected chi connectivity index (χ1v) is 3.32. The second-order valence-corrected chi connectivity index (χ2v) is 2.34. The molecule has 0 saturated heterocycles. The number of aromatic carboxylic acids is 2. The molecule has 0 radical (unpaired) electrons. The summed E-state index contributed by atoms with van der Waals surface area (Å²) in [7, 11) is 0. The van der Waals surface area contributed by atoms with Gasteiger partial charge in [-0.05, 0) is 18.2 Å². The number of rotatable bonds is 2. The van der Waals surface area contributed by atoms with E-state index in [0.29, 0.717) is 0 Å². The van der Waals surface area contributed by atoms with Crippen LogP contribution < -0.4 is 0 Å². The second kappa shape index (κ2) is 6.10. The van der Waals surface area contributed by atoms with Gasteiger partial charge in [0.2, 0.25) is 0 Å². The van der Waals surface area contributed by atoms with Crippen LogP contribution in [-0.2, 0) is 0 Å². The third kappa shape index (κ3) is 3.65. The van der Waals surface area contributed by atoms with E-state index in [1.807, 2.05) is 0 Å². The molecular formula is C8H8Cl2O5. The van der Waals surface area contributed by atoms with Crippen LogP contribution in [0.25, 0.3) is 0 Å². The Morgan fingerprint density at radius 1 is 1.00 bits per heavy atom. The summed E-state index contributed by atoms with van der Waals surface area (Å²) in [4.78, 5) is 20.8. The Morgan fingerprint density at radius 2 is 1.53 bits per heavy atom. The quantitative estimate of drug-likeness (QED) is 0.746. The van der Waals surface area contributed by atoms with Crippen LogP contribution in [0, 0.1) is 0 Å². The maximum absolute atomic E-state index is 10.4. The molecule has 0 aliphatic heterocycles. The van der Waals surface area contributed by atoms with Gasteiger partial charge in [-0.25, -0.2) is 9.59 Å². The summed E-state index contributed by atoms with van der Waals surface area (Å²) in [6.07, 6.45) is 0. The summed E-state index contributed by atoms with van der Waals surface area (Å²) >= 11 is 0. The first kappa shape index (κ1) is 16.0. The number of halogens is 2. The minimum absolute atomic E-state index is 0. The van der Waals surface area contributed by atoms with Gasteiger partial charge >= 0.3 is 11.9 Å². The van der Waals surface area contributed by atoms with Crippen molar-refractivity contribution in [2.24, 2.45) is 0 Å². The van der Waals surface area contributed by atoms with Crippen molar-refractivity contribution in [2.45, 2.75) is 0 Å². The fraction of sp³-hybridized carbons (Fsp3) is 0. The first-order chi connectivity index (χ1) is 6.02. The highest BCUT2D eigenvalue weighted by Crippen LogP contribution is 2.18. The Kier molecular flexibility index (Phi) is 6.51. The zero-order chi connectivity index (χ0) is 10.0. The van der Waals surface area contributed by atoms with Crippen molar-refractivity contribution in [1.82, 2.24) is 0 Å². The molecule has 0 aliphatic rings. The standard InChI is InChI=1S/C8H6O5.2ClH/c9-6-3-4(7(10)11)1-2-5(6)8(12)13;;/h1-3,9H,(H,10,11)(H,12,13);2*1H. The van der Waals surface area contributed by atoms with Gasteiger partial charge in [0, 0.05) is 0 Å². The lowest BCUT2D eigenvalue weighted by Gasteiger charge is -1.99. The molecule has 5 nitrogen and oxygen atoms in total. The second-order valence-electron chi connectivity index (χ2n) is 2.34. The third-order valence-corrected chi connectivity index (χ3v) is 1.48. The van der Waals surface area contributed by atoms with Crippen molar-refractivity contribution in [1.29, 1.82) is 0 Å². The molecule has 0 amide bonds. The van der Waals surface area contributed by atoms with Crippen LogP contribution in [0.1, 0.15) is 20.7 Å². The van der Waals surface area contributed by atoms with Gasteiger partial charge in [-0.15, -0.1) is 24.8 Å². The fourth-order valence-corrected chi connectivity index (χ4v) is 0.846. The van der Waals surface area contributed by atoms with Crippen LogP contribution in [0.5, 0.6) is 5.75 Å². The number of hydrogen-bond acceptors (Lipinski definition) is 3. The minimum Gasteiger partial charge on any atom is -0.507 e. The maximum atomic E-state index is 10.4. The Balaban J connectivity index is 0. The zero-order valence-corrected chi connectivity index (χ0v) is 8.84. The molecule has 15 heavy (non-hydrogen) atoms. The predicted molar refractivity (Wildman–Crippen MR) is 56.5 cm³/mol. The largest absolute Gasteiger partial charge is 0.507 e. The van der Waals surface area contributed by atoms with Crippen molar-refractivity contribution < 1.29 is 24.9 Å². The molecule has 3 N–H and O–H groups in total. The normalized spacial score (nSPS) is 8.27. The smallest absolute Gasteiger partial charge is 0.339 e. The fourth-order valence-electron chi connectivity index (χ4n) is 0.846. The molecule has 0 aliphatic carbocycles. The Hall–Kier alpha value is -1.46. The van der Waals surface area contributed by atoms with E-state index >= 15 is 0 Å². The highest BCUT2D eigenvalue weighted by Gasteiger charge is 2.11. The van der Waals surface area contributed by atoms with E-state index in [2.05, 4.69) is 0 Å². The van der Waals surface area contributed by atoms with Crippen LogP contribution in [0.3, 0.4) is 0 Å². The van der Waals surface area contributed by atoms with E-state index in [9.17, 15) is 9.59 Å². The molecular weight excluding hydrogens is 247 g/mol.